The lowest BCUT2D eigenvalue weighted by Gasteiger charge is -2.44. The van der Waals surface area contributed by atoms with Crippen molar-refractivity contribution < 1.29 is 0 Å². The van der Waals surface area contributed by atoms with Gasteiger partial charge in [-0.15, -0.1) is 0 Å². The van der Waals surface area contributed by atoms with Crippen molar-refractivity contribution >= 4 is 0 Å². The van der Waals surface area contributed by atoms with Gasteiger partial charge in [-0.25, -0.2) is 0 Å². The quantitative estimate of drug-likeness (QED) is 0.695. The Morgan fingerprint density at radius 2 is 1.77 bits per heavy atom. The molecule has 0 aromatic rings. The molecule has 0 radical (unpaired) electrons. The van der Waals surface area contributed by atoms with Crippen molar-refractivity contribution in [1.29, 1.82) is 0 Å². The van der Waals surface area contributed by atoms with Crippen molar-refractivity contribution in [1.82, 2.24) is 10.2 Å². The average Bonchev–Trinajstić information content (AvgIpc) is 2.13. The molecule has 0 aromatic heterocycles. The molecule has 13 heavy (non-hydrogen) atoms. The Balaban J connectivity index is 1.72. The number of piperidine rings is 1. The molecule has 2 aliphatic rings. The van der Waals surface area contributed by atoms with E-state index in [0.29, 0.717) is 0 Å². The highest BCUT2D eigenvalue weighted by atomic mass is 15.2. The van der Waals surface area contributed by atoms with Crippen LogP contribution in [0.3, 0.4) is 0 Å². The van der Waals surface area contributed by atoms with E-state index >= 15 is 0 Å². The van der Waals surface area contributed by atoms with E-state index in [1.807, 2.05) is 0 Å². The molecule has 0 unspecified atom stereocenters. The van der Waals surface area contributed by atoms with Crippen LogP contribution in [0, 0.1) is 5.92 Å². The van der Waals surface area contributed by atoms with Crippen molar-refractivity contribution in [3.8, 4) is 0 Å². The van der Waals surface area contributed by atoms with E-state index in [4.69, 9.17) is 0 Å². The van der Waals surface area contributed by atoms with Gasteiger partial charge in [0.15, 0.2) is 0 Å². The molecule has 0 spiro atoms. The van der Waals surface area contributed by atoms with Gasteiger partial charge >= 0.3 is 0 Å². The van der Waals surface area contributed by atoms with Crippen molar-refractivity contribution in [3.63, 3.8) is 0 Å². The second-order valence-corrected chi connectivity index (χ2v) is 4.83. The second kappa shape index (κ2) is 3.97. The molecule has 0 atom stereocenters. The topological polar surface area (TPSA) is 15.3 Å². The zero-order valence-electron chi connectivity index (χ0n) is 8.92. The summed E-state index contributed by atoms with van der Waals surface area (Å²) in [6.07, 6.45) is 5.59. The fourth-order valence-corrected chi connectivity index (χ4v) is 2.71. The lowest BCUT2D eigenvalue weighted by molar-refractivity contribution is 0.0615. The van der Waals surface area contributed by atoms with E-state index in [9.17, 15) is 0 Å². The van der Waals surface area contributed by atoms with Crippen LogP contribution in [0.15, 0.2) is 0 Å². The number of hydrogen-bond donors (Lipinski definition) is 1. The zero-order valence-corrected chi connectivity index (χ0v) is 8.92. The van der Waals surface area contributed by atoms with Crippen molar-refractivity contribution in [2.75, 3.05) is 20.1 Å². The second-order valence-electron chi connectivity index (χ2n) is 4.83. The fourth-order valence-electron chi connectivity index (χ4n) is 2.71. The summed E-state index contributed by atoms with van der Waals surface area (Å²) in [5, 5.41) is 3.38. The summed E-state index contributed by atoms with van der Waals surface area (Å²) < 4.78 is 0. The van der Waals surface area contributed by atoms with Crippen LogP contribution in [-0.4, -0.2) is 37.1 Å². The molecule has 1 aliphatic heterocycles. The molecule has 1 N–H and O–H groups in total. The Morgan fingerprint density at radius 1 is 1.15 bits per heavy atom. The fraction of sp³-hybridized carbons (Fsp3) is 1.00. The zero-order chi connectivity index (χ0) is 9.26. The van der Waals surface area contributed by atoms with Gasteiger partial charge in [-0.05, 0) is 51.7 Å². The molecule has 2 heteroatoms. The SMILES string of the molecule is CNC1CCN(C2CC(C)C2)CC1. The molecule has 76 valence electrons. The Labute approximate surface area is 81.7 Å². The van der Waals surface area contributed by atoms with Crippen molar-refractivity contribution in [2.45, 2.75) is 44.7 Å². The summed E-state index contributed by atoms with van der Waals surface area (Å²) >= 11 is 0. The van der Waals surface area contributed by atoms with Gasteiger partial charge in [0.1, 0.15) is 0 Å². The molecule has 2 rings (SSSR count). The third kappa shape index (κ3) is 2.05. The minimum atomic E-state index is 0.786. The van der Waals surface area contributed by atoms with Crippen LogP contribution in [0.2, 0.25) is 0 Å². The number of rotatable bonds is 2. The van der Waals surface area contributed by atoms with E-state index in [2.05, 4.69) is 24.2 Å². The van der Waals surface area contributed by atoms with Gasteiger partial charge in [0, 0.05) is 12.1 Å². The first kappa shape index (κ1) is 9.47. The number of hydrogen-bond acceptors (Lipinski definition) is 2. The summed E-state index contributed by atoms with van der Waals surface area (Å²) in [5.41, 5.74) is 0. The van der Waals surface area contributed by atoms with Crippen LogP contribution in [0.4, 0.5) is 0 Å². The maximum atomic E-state index is 3.38. The summed E-state index contributed by atoms with van der Waals surface area (Å²) in [7, 11) is 2.09. The molecule has 0 bridgehead atoms. The largest absolute Gasteiger partial charge is 0.317 e. The minimum Gasteiger partial charge on any atom is -0.317 e. The van der Waals surface area contributed by atoms with Gasteiger partial charge in [-0.2, -0.15) is 0 Å². The predicted molar refractivity (Wildman–Crippen MR) is 55.8 cm³/mol. The summed E-state index contributed by atoms with van der Waals surface area (Å²) in [5.74, 6) is 0.993. The van der Waals surface area contributed by atoms with Gasteiger partial charge in [0.05, 0.1) is 0 Å². The highest BCUT2D eigenvalue weighted by Crippen LogP contribution is 2.32. The minimum absolute atomic E-state index is 0.786. The number of nitrogens with one attached hydrogen (secondary N) is 1. The van der Waals surface area contributed by atoms with E-state index in [0.717, 1.165) is 18.0 Å². The van der Waals surface area contributed by atoms with Crippen LogP contribution < -0.4 is 5.32 Å². The number of nitrogens with zero attached hydrogens (tertiary/aromatic N) is 1. The first-order valence-electron chi connectivity index (χ1n) is 5.71. The van der Waals surface area contributed by atoms with Crippen LogP contribution in [0.5, 0.6) is 0 Å². The Bertz CT molecular complexity index is 155. The van der Waals surface area contributed by atoms with Gasteiger partial charge < -0.3 is 10.2 Å². The molecule has 2 fully saturated rings. The monoisotopic (exact) mass is 182 g/mol. The molecule has 1 saturated heterocycles. The molecule has 1 aliphatic carbocycles. The number of likely N-dealkylation sites (tertiary alicyclic amines) is 1. The smallest absolute Gasteiger partial charge is 0.0100 e. The maximum Gasteiger partial charge on any atom is 0.0100 e. The van der Waals surface area contributed by atoms with E-state index in [1.165, 1.54) is 38.8 Å². The first-order chi connectivity index (χ1) is 6.29. The normalized spacial score (nSPS) is 37.4. The Hall–Kier alpha value is -0.0800. The standard InChI is InChI=1S/C11H22N2/c1-9-7-11(8-9)13-5-3-10(12-2)4-6-13/h9-12H,3-8H2,1-2H3. The molecule has 2 nitrogen and oxygen atoms in total. The van der Waals surface area contributed by atoms with Gasteiger partial charge in [-0.1, -0.05) is 6.92 Å². The molecular formula is C11H22N2. The summed E-state index contributed by atoms with van der Waals surface area (Å²) in [6, 6.07) is 1.72. The summed E-state index contributed by atoms with van der Waals surface area (Å²) in [6.45, 7) is 5.02. The van der Waals surface area contributed by atoms with Gasteiger partial charge in [0.2, 0.25) is 0 Å². The van der Waals surface area contributed by atoms with Crippen LogP contribution >= 0.6 is 0 Å². The third-order valence-corrected chi connectivity index (χ3v) is 3.80. The molecule has 0 amide bonds. The van der Waals surface area contributed by atoms with Crippen LogP contribution in [-0.2, 0) is 0 Å². The van der Waals surface area contributed by atoms with Crippen LogP contribution in [0.1, 0.15) is 32.6 Å². The van der Waals surface area contributed by atoms with Gasteiger partial charge in [0.25, 0.3) is 0 Å². The highest BCUT2D eigenvalue weighted by Gasteiger charge is 2.32. The van der Waals surface area contributed by atoms with Gasteiger partial charge in [-0.3, -0.25) is 0 Å². The maximum absolute atomic E-state index is 3.38. The average molecular weight is 182 g/mol. The lowest BCUT2D eigenvalue weighted by atomic mass is 9.80. The van der Waals surface area contributed by atoms with Crippen molar-refractivity contribution in [2.24, 2.45) is 5.92 Å². The van der Waals surface area contributed by atoms with Crippen molar-refractivity contribution in [3.05, 3.63) is 0 Å². The lowest BCUT2D eigenvalue weighted by Crippen LogP contribution is -2.50. The highest BCUT2D eigenvalue weighted by molar-refractivity contribution is 4.88. The molecular weight excluding hydrogens is 160 g/mol. The van der Waals surface area contributed by atoms with Crippen LogP contribution in [0.25, 0.3) is 0 Å². The van der Waals surface area contributed by atoms with E-state index in [-0.39, 0.29) is 0 Å². The summed E-state index contributed by atoms with van der Waals surface area (Å²) in [4.78, 5) is 2.70. The van der Waals surface area contributed by atoms with E-state index < -0.39 is 0 Å². The van der Waals surface area contributed by atoms with E-state index in [1.54, 1.807) is 0 Å². The first-order valence-corrected chi connectivity index (χ1v) is 5.71. The molecule has 1 heterocycles. The Kier molecular flexibility index (Phi) is 2.89. The third-order valence-electron chi connectivity index (χ3n) is 3.80. The molecule has 0 aromatic carbocycles. The predicted octanol–water partition coefficient (Wildman–Crippen LogP) is 1.47. The Morgan fingerprint density at radius 3 is 2.23 bits per heavy atom. The molecule has 1 saturated carbocycles.